The van der Waals surface area contributed by atoms with Crippen LogP contribution in [-0.4, -0.2) is 52.5 Å². The first-order valence-electron chi connectivity index (χ1n) is 7.15. The molecule has 0 atom stereocenters. The van der Waals surface area contributed by atoms with Crippen LogP contribution in [0.4, 0.5) is 0 Å². The molecular weight excluding hydrogens is 236 g/mol. The van der Waals surface area contributed by atoms with Crippen LogP contribution in [-0.2, 0) is 6.54 Å². The molecule has 0 spiro atoms. The number of rotatable bonds is 3. The molecule has 1 saturated heterocycles. The summed E-state index contributed by atoms with van der Waals surface area (Å²) in [6, 6.07) is 6.31. The normalized spacial score (nSPS) is 18.2. The van der Waals surface area contributed by atoms with E-state index in [4.69, 9.17) is 4.98 Å². The number of H-pyrrole nitrogens is 1. The number of likely N-dealkylation sites (N-methyl/N-ethyl adjacent to an activating group) is 1. The number of fused-ring (bicyclic) bond motifs is 1. The van der Waals surface area contributed by atoms with Gasteiger partial charge in [-0.25, -0.2) is 4.98 Å². The number of hydrogen-bond donors (Lipinski definition) is 1. The second-order valence-corrected chi connectivity index (χ2v) is 5.36. The third-order valence-electron chi connectivity index (χ3n) is 4.05. The summed E-state index contributed by atoms with van der Waals surface area (Å²) in [5.41, 5.74) is 3.52. The molecule has 102 valence electrons. The maximum absolute atomic E-state index is 4.73. The molecule has 1 fully saturated rings. The molecule has 3 rings (SSSR count). The van der Waals surface area contributed by atoms with Crippen LogP contribution >= 0.6 is 0 Å². The molecule has 1 N–H and O–H groups in total. The van der Waals surface area contributed by atoms with E-state index in [-0.39, 0.29) is 0 Å². The van der Waals surface area contributed by atoms with Crippen molar-refractivity contribution in [2.24, 2.45) is 0 Å². The minimum absolute atomic E-state index is 0.936. The van der Waals surface area contributed by atoms with Crippen molar-refractivity contribution < 1.29 is 0 Å². The molecule has 0 aliphatic carbocycles. The van der Waals surface area contributed by atoms with Crippen LogP contribution < -0.4 is 0 Å². The Morgan fingerprint density at radius 2 is 1.89 bits per heavy atom. The minimum Gasteiger partial charge on any atom is -0.341 e. The van der Waals surface area contributed by atoms with Crippen LogP contribution in [0.5, 0.6) is 0 Å². The van der Waals surface area contributed by atoms with Gasteiger partial charge in [0.2, 0.25) is 0 Å². The van der Waals surface area contributed by atoms with E-state index in [2.05, 4.69) is 46.8 Å². The maximum atomic E-state index is 4.73. The first-order chi connectivity index (χ1) is 9.26. The molecule has 0 radical (unpaired) electrons. The SMILES string of the molecule is CCN1CCN(Cc2nc3c(C)cccc3[nH]2)CC1. The Bertz CT molecular complexity index is 552. The van der Waals surface area contributed by atoms with Gasteiger partial charge in [-0.05, 0) is 25.1 Å². The van der Waals surface area contributed by atoms with Crippen LogP contribution in [0.3, 0.4) is 0 Å². The number of hydrogen-bond acceptors (Lipinski definition) is 3. The molecule has 2 aromatic rings. The van der Waals surface area contributed by atoms with Crippen molar-refractivity contribution in [1.82, 2.24) is 19.8 Å². The molecular formula is C15H22N4. The molecule has 4 nitrogen and oxygen atoms in total. The van der Waals surface area contributed by atoms with Gasteiger partial charge >= 0.3 is 0 Å². The molecule has 2 heterocycles. The number of para-hydroxylation sites is 1. The van der Waals surface area contributed by atoms with E-state index in [0.717, 1.165) is 43.0 Å². The molecule has 1 aliphatic heterocycles. The van der Waals surface area contributed by atoms with E-state index < -0.39 is 0 Å². The highest BCUT2D eigenvalue weighted by atomic mass is 15.3. The van der Waals surface area contributed by atoms with Gasteiger partial charge in [-0.15, -0.1) is 0 Å². The third kappa shape index (κ3) is 2.65. The summed E-state index contributed by atoms with van der Waals surface area (Å²) in [7, 11) is 0. The molecule has 0 bridgehead atoms. The average molecular weight is 258 g/mol. The summed E-state index contributed by atoms with van der Waals surface area (Å²) < 4.78 is 0. The quantitative estimate of drug-likeness (QED) is 0.914. The van der Waals surface area contributed by atoms with Gasteiger partial charge in [0.05, 0.1) is 17.6 Å². The number of benzene rings is 1. The fraction of sp³-hybridized carbons (Fsp3) is 0.533. The summed E-state index contributed by atoms with van der Waals surface area (Å²) in [6.07, 6.45) is 0. The molecule has 1 aliphatic rings. The van der Waals surface area contributed by atoms with E-state index in [1.165, 1.54) is 18.7 Å². The molecule has 0 amide bonds. The lowest BCUT2D eigenvalue weighted by Crippen LogP contribution is -2.45. The molecule has 4 heteroatoms. The van der Waals surface area contributed by atoms with Crippen LogP contribution in [0.1, 0.15) is 18.3 Å². The Hall–Kier alpha value is -1.39. The van der Waals surface area contributed by atoms with Gasteiger partial charge < -0.3 is 9.88 Å². The zero-order chi connectivity index (χ0) is 13.2. The van der Waals surface area contributed by atoms with Gasteiger partial charge in [0, 0.05) is 26.2 Å². The van der Waals surface area contributed by atoms with Crippen molar-refractivity contribution in [2.45, 2.75) is 20.4 Å². The fourth-order valence-electron chi connectivity index (χ4n) is 2.78. The Kier molecular flexibility index (Phi) is 3.53. The number of aromatic nitrogens is 2. The lowest BCUT2D eigenvalue weighted by molar-refractivity contribution is 0.130. The van der Waals surface area contributed by atoms with Gasteiger partial charge in [0.25, 0.3) is 0 Å². The largest absolute Gasteiger partial charge is 0.341 e. The van der Waals surface area contributed by atoms with E-state index >= 15 is 0 Å². The van der Waals surface area contributed by atoms with Crippen LogP contribution in [0.15, 0.2) is 18.2 Å². The van der Waals surface area contributed by atoms with E-state index in [1.54, 1.807) is 0 Å². The molecule has 1 aromatic heterocycles. The van der Waals surface area contributed by atoms with Crippen LogP contribution in [0, 0.1) is 6.92 Å². The predicted octanol–water partition coefficient (Wildman–Crippen LogP) is 2.01. The monoisotopic (exact) mass is 258 g/mol. The number of imidazole rings is 1. The molecule has 1 aromatic carbocycles. The lowest BCUT2D eigenvalue weighted by Gasteiger charge is -2.33. The zero-order valence-corrected chi connectivity index (χ0v) is 11.8. The number of aryl methyl sites for hydroxylation is 1. The third-order valence-corrected chi connectivity index (χ3v) is 4.05. The number of nitrogens with zero attached hydrogens (tertiary/aromatic N) is 3. The van der Waals surface area contributed by atoms with Gasteiger partial charge in [-0.1, -0.05) is 19.1 Å². The maximum Gasteiger partial charge on any atom is 0.121 e. The zero-order valence-electron chi connectivity index (χ0n) is 11.8. The highest BCUT2D eigenvalue weighted by Gasteiger charge is 2.16. The van der Waals surface area contributed by atoms with Gasteiger partial charge in [-0.2, -0.15) is 0 Å². The van der Waals surface area contributed by atoms with Crippen molar-refractivity contribution in [3.63, 3.8) is 0 Å². The molecule has 19 heavy (non-hydrogen) atoms. The van der Waals surface area contributed by atoms with Crippen molar-refractivity contribution in [3.8, 4) is 0 Å². The van der Waals surface area contributed by atoms with Gasteiger partial charge in [0.1, 0.15) is 5.82 Å². The molecule has 0 saturated carbocycles. The Balaban J connectivity index is 1.70. The summed E-state index contributed by atoms with van der Waals surface area (Å²) in [5, 5.41) is 0. The highest BCUT2D eigenvalue weighted by Crippen LogP contribution is 2.16. The highest BCUT2D eigenvalue weighted by molar-refractivity contribution is 5.78. The van der Waals surface area contributed by atoms with Crippen molar-refractivity contribution in [1.29, 1.82) is 0 Å². The second kappa shape index (κ2) is 5.31. The van der Waals surface area contributed by atoms with E-state index in [9.17, 15) is 0 Å². The summed E-state index contributed by atoms with van der Waals surface area (Å²) in [5.74, 6) is 1.09. The first kappa shape index (κ1) is 12.6. The fourth-order valence-corrected chi connectivity index (χ4v) is 2.78. The number of aromatic amines is 1. The van der Waals surface area contributed by atoms with Gasteiger partial charge in [0.15, 0.2) is 0 Å². The summed E-state index contributed by atoms with van der Waals surface area (Å²) in [6.45, 7) is 11.1. The molecule has 0 unspecified atom stereocenters. The van der Waals surface area contributed by atoms with Gasteiger partial charge in [-0.3, -0.25) is 4.90 Å². The van der Waals surface area contributed by atoms with Crippen molar-refractivity contribution >= 4 is 11.0 Å². The number of piperazine rings is 1. The summed E-state index contributed by atoms with van der Waals surface area (Å²) >= 11 is 0. The average Bonchev–Trinajstić information content (AvgIpc) is 2.84. The summed E-state index contributed by atoms with van der Waals surface area (Å²) in [4.78, 5) is 13.2. The topological polar surface area (TPSA) is 35.2 Å². The Labute approximate surface area is 114 Å². The Morgan fingerprint density at radius 3 is 2.58 bits per heavy atom. The smallest absolute Gasteiger partial charge is 0.121 e. The van der Waals surface area contributed by atoms with Crippen LogP contribution in [0.25, 0.3) is 11.0 Å². The van der Waals surface area contributed by atoms with Crippen molar-refractivity contribution in [2.75, 3.05) is 32.7 Å². The standard InChI is InChI=1S/C15H22N4/c1-3-18-7-9-19(10-8-18)11-14-16-13-6-4-5-12(2)15(13)17-14/h4-6H,3,7-11H2,1-2H3,(H,16,17). The number of nitrogens with one attached hydrogen (secondary N) is 1. The second-order valence-electron chi connectivity index (χ2n) is 5.36. The van der Waals surface area contributed by atoms with E-state index in [0.29, 0.717) is 0 Å². The van der Waals surface area contributed by atoms with E-state index in [1.807, 2.05) is 0 Å². The predicted molar refractivity (Wildman–Crippen MR) is 78.2 cm³/mol. The minimum atomic E-state index is 0.936. The first-order valence-corrected chi connectivity index (χ1v) is 7.15. The lowest BCUT2D eigenvalue weighted by atomic mass is 10.2. The van der Waals surface area contributed by atoms with Crippen LogP contribution in [0.2, 0.25) is 0 Å². The Morgan fingerprint density at radius 1 is 1.16 bits per heavy atom. The van der Waals surface area contributed by atoms with Crippen molar-refractivity contribution in [3.05, 3.63) is 29.6 Å².